The van der Waals surface area contributed by atoms with E-state index in [-0.39, 0.29) is 5.91 Å². The molecule has 30 heavy (non-hydrogen) atoms. The molecule has 1 fully saturated rings. The molecule has 4 rings (SSSR count). The van der Waals surface area contributed by atoms with Crippen molar-refractivity contribution in [2.45, 2.75) is 12.6 Å². The normalized spacial score (nSPS) is 17.3. The van der Waals surface area contributed by atoms with E-state index in [0.29, 0.717) is 22.7 Å². The van der Waals surface area contributed by atoms with E-state index in [0.717, 1.165) is 23.6 Å². The number of hydrogen-bond acceptors (Lipinski definition) is 6. The van der Waals surface area contributed by atoms with Crippen LogP contribution in [0, 0.1) is 0 Å². The van der Waals surface area contributed by atoms with E-state index in [1.54, 1.807) is 38.6 Å². The van der Waals surface area contributed by atoms with Gasteiger partial charge in [0.15, 0.2) is 11.6 Å². The molecule has 2 aliphatic heterocycles. The smallest absolute Gasteiger partial charge is 0.255 e. The van der Waals surface area contributed by atoms with Crippen LogP contribution in [0.2, 0.25) is 0 Å². The first-order chi connectivity index (χ1) is 14.6. The molecule has 1 amide bonds. The molecule has 7 heteroatoms. The number of carbonyl (C=O) groups is 1. The van der Waals surface area contributed by atoms with Gasteiger partial charge in [-0.25, -0.2) is 4.99 Å². The molecule has 1 saturated heterocycles. The highest BCUT2D eigenvalue weighted by Gasteiger charge is 2.35. The van der Waals surface area contributed by atoms with Crippen LogP contribution in [0.4, 0.5) is 5.69 Å². The summed E-state index contributed by atoms with van der Waals surface area (Å²) in [6, 6.07) is 12.6. The molecule has 0 radical (unpaired) electrons. The van der Waals surface area contributed by atoms with Crippen molar-refractivity contribution < 1.29 is 19.0 Å². The van der Waals surface area contributed by atoms with Gasteiger partial charge < -0.3 is 24.4 Å². The fraction of sp³-hybridized carbons (Fsp3) is 0.217. The van der Waals surface area contributed by atoms with Crippen molar-refractivity contribution in [3.05, 3.63) is 77.7 Å². The Labute approximate surface area is 175 Å². The number of nitrogens with zero attached hydrogens (tertiary/aromatic N) is 2. The molecule has 2 aromatic carbocycles. The fourth-order valence-corrected chi connectivity index (χ4v) is 3.42. The van der Waals surface area contributed by atoms with Crippen LogP contribution in [0.3, 0.4) is 0 Å². The van der Waals surface area contributed by atoms with E-state index in [4.69, 9.17) is 14.2 Å². The molecule has 7 nitrogen and oxygen atoms in total. The summed E-state index contributed by atoms with van der Waals surface area (Å²) < 4.78 is 16.7. The summed E-state index contributed by atoms with van der Waals surface area (Å²) in [5.41, 5.74) is 1.93. The molecular formula is C23H23N3O4. The van der Waals surface area contributed by atoms with Gasteiger partial charge in [-0.2, -0.15) is 0 Å². The van der Waals surface area contributed by atoms with E-state index < -0.39 is 6.23 Å². The second-order valence-electron chi connectivity index (χ2n) is 6.87. The largest absolute Gasteiger partial charge is 0.497 e. The van der Waals surface area contributed by atoms with Gasteiger partial charge in [-0.3, -0.25) is 4.79 Å². The Balaban J connectivity index is 1.63. The molecule has 154 valence electrons. The van der Waals surface area contributed by atoms with Crippen molar-refractivity contribution in [2.75, 3.05) is 26.6 Å². The zero-order valence-electron chi connectivity index (χ0n) is 17.1. The number of amidine groups is 1. The minimum atomic E-state index is -0.391. The lowest BCUT2D eigenvalue weighted by Crippen LogP contribution is -2.24. The molecule has 0 aromatic heterocycles. The first kappa shape index (κ1) is 19.6. The minimum absolute atomic E-state index is 0.269. The molecule has 2 heterocycles. The molecule has 0 bridgehead atoms. The first-order valence-electron chi connectivity index (χ1n) is 9.57. The number of fused-ring (bicyclic) bond motifs is 1. The van der Waals surface area contributed by atoms with Gasteiger partial charge in [-0.05, 0) is 30.7 Å². The topological polar surface area (TPSA) is 72.4 Å². The van der Waals surface area contributed by atoms with Crippen molar-refractivity contribution in [1.29, 1.82) is 0 Å². The summed E-state index contributed by atoms with van der Waals surface area (Å²) in [4.78, 5) is 19.4. The molecule has 1 atom stereocenters. The molecular weight excluding hydrogens is 382 g/mol. The molecule has 0 saturated carbocycles. The van der Waals surface area contributed by atoms with Gasteiger partial charge >= 0.3 is 0 Å². The standard InChI is InChI=1S/C23H23N3O4/c1-26-21-20(10-6-7-11-24-21)30-23(26)18-8-4-5-9-19(18)25-22(27)15-12-16(28-2)14-17(13-15)29-3/h4-5,7-14,23H,6H2,1-3H3,(H,25,27). The number of nitrogens with one attached hydrogen (secondary N) is 1. The van der Waals surface area contributed by atoms with Gasteiger partial charge in [0.1, 0.15) is 11.5 Å². The SMILES string of the molecule is COc1cc(OC)cc(C(=O)Nc2ccccc2C2OC3=CCC=CN=C3N2C)c1. The molecule has 2 aromatic rings. The molecule has 2 aliphatic rings. The number of benzene rings is 2. The van der Waals surface area contributed by atoms with Crippen molar-refractivity contribution >= 4 is 17.4 Å². The Morgan fingerprint density at radius 1 is 1.17 bits per heavy atom. The third-order valence-electron chi connectivity index (χ3n) is 4.98. The van der Waals surface area contributed by atoms with Crippen molar-refractivity contribution in [2.24, 2.45) is 4.99 Å². The average Bonchev–Trinajstić information content (AvgIpc) is 2.93. The summed E-state index contributed by atoms with van der Waals surface area (Å²) in [6.07, 6.45) is 6.13. The van der Waals surface area contributed by atoms with Gasteiger partial charge in [0.25, 0.3) is 5.91 Å². The molecule has 1 N–H and O–H groups in total. The highest BCUT2D eigenvalue weighted by atomic mass is 16.5. The predicted molar refractivity (Wildman–Crippen MR) is 115 cm³/mol. The lowest BCUT2D eigenvalue weighted by molar-refractivity contribution is 0.0791. The number of carbonyl (C=O) groups excluding carboxylic acids is 1. The quantitative estimate of drug-likeness (QED) is 0.810. The lowest BCUT2D eigenvalue weighted by Gasteiger charge is -2.22. The Morgan fingerprint density at radius 3 is 2.63 bits per heavy atom. The van der Waals surface area contributed by atoms with Crippen LogP contribution >= 0.6 is 0 Å². The second-order valence-corrected chi connectivity index (χ2v) is 6.87. The summed E-state index contributed by atoms with van der Waals surface area (Å²) in [5, 5.41) is 2.99. The Kier molecular flexibility index (Phi) is 5.43. The van der Waals surface area contributed by atoms with Crippen LogP contribution < -0.4 is 14.8 Å². The summed E-state index contributed by atoms with van der Waals surface area (Å²) >= 11 is 0. The molecule has 0 spiro atoms. The van der Waals surface area contributed by atoms with Gasteiger partial charge in [0.05, 0.1) is 14.2 Å². The van der Waals surface area contributed by atoms with Gasteiger partial charge in [0.2, 0.25) is 6.23 Å². The highest BCUT2D eigenvalue weighted by Crippen LogP contribution is 2.37. The highest BCUT2D eigenvalue weighted by molar-refractivity contribution is 6.05. The predicted octanol–water partition coefficient (Wildman–Crippen LogP) is 4.12. The number of anilines is 1. The van der Waals surface area contributed by atoms with Crippen molar-refractivity contribution in [1.82, 2.24) is 4.90 Å². The van der Waals surface area contributed by atoms with Crippen LogP contribution in [0.15, 0.2) is 71.6 Å². The Morgan fingerprint density at radius 2 is 1.90 bits per heavy atom. The van der Waals surface area contributed by atoms with Crippen LogP contribution in [-0.2, 0) is 4.74 Å². The van der Waals surface area contributed by atoms with Crippen molar-refractivity contribution in [3.63, 3.8) is 0 Å². The minimum Gasteiger partial charge on any atom is -0.497 e. The number of allylic oxidation sites excluding steroid dienone is 2. The monoisotopic (exact) mass is 405 g/mol. The lowest BCUT2D eigenvalue weighted by atomic mass is 10.1. The van der Waals surface area contributed by atoms with E-state index >= 15 is 0 Å². The number of amides is 1. The number of rotatable bonds is 5. The van der Waals surface area contributed by atoms with Crippen LogP contribution in [0.1, 0.15) is 28.6 Å². The number of likely N-dealkylation sites (N-methyl/N-ethyl adjacent to an activating group) is 1. The van der Waals surface area contributed by atoms with E-state index in [1.165, 1.54) is 0 Å². The Hall–Kier alpha value is -3.74. The summed E-state index contributed by atoms with van der Waals surface area (Å²) in [5.74, 6) is 2.34. The zero-order chi connectivity index (χ0) is 21.1. The maximum Gasteiger partial charge on any atom is 0.255 e. The van der Waals surface area contributed by atoms with Gasteiger partial charge in [-0.15, -0.1) is 0 Å². The van der Waals surface area contributed by atoms with E-state index in [2.05, 4.69) is 10.3 Å². The van der Waals surface area contributed by atoms with Crippen molar-refractivity contribution in [3.8, 4) is 11.5 Å². The third-order valence-corrected chi connectivity index (χ3v) is 4.98. The second kappa shape index (κ2) is 8.32. The van der Waals surface area contributed by atoms with E-state index in [9.17, 15) is 4.79 Å². The van der Waals surface area contributed by atoms with Gasteiger partial charge in [0, 0.05) is 36.1 Å². The average molecular weight is 405 g/mol. The maximum atomic E-state index is 13.0. The molecule has 0 aliphatic carbocycles. The van der Waals surface area contributed by atoms with E-state index in [1.807, 2.05) is 48.4 Å². The number of ether oxygens (including phenoxy) is 3. The number of para-hydroxylation sites is 1. The number of methoxy groups -OCH3 is 2. The van der Waals surface area contributed by atoms with Crippen LogP contribution in [0.5, 0.6) is 11.5 Å². The Bertz CT molecular complexity index is 1040. The first-order valence-corrected chi connectivity index (χ1v) is 9.57. The zero-order valence-corrected chi connectivity index (χ0v) is 17.1. The third kappa shape index (κ3) is 3.74. The van der Waals surface area contributed by atoms with Gasteiger partial charge in [-0.1, -0.05) is 24.3 Å². The number of aliphatic imine (C=N–C) groups is 1. The fourth-order valence-electron chi connectivity index (χ4n) is 3.42. The van der Waals surface area contributed by atoms with Crippen LogP contribution in [-0.4, -0.2) is 37.9 Å². The molecule has 1 unspecified atom stereocenters. The van der Waals surface area contributed by atoms with Crippen LogP contribution in [0.25, 0.3) is 0 Å². The summed E-state index contributed by atoms with van der Waals surface area (Å²) in [7, 11) is 5.02. The summed E-state index contributed by atoms with van der Waals surface area (Å²) in [6.45, 7) is 0. The maximum absolute atomic E-state index is 13.0. The number of hydrogen-bond donors (Lipinski definition) is 1.